The Morgan fingerprint density at radius 1 is 1.33 bits per heavy atom. The smallest absolute Gasteiger partial charge is 0.151 e. The Hall–Kier alpha value is -2.25. The second kappa shape index (κ2) is 7.11. The lowest BCUT2D eigenvalue weighted by Crippen LogP contribution is -2.38. The minimum absolute atomic E-state index is 0.471. The molecular weight excluding hydrogens is 320 g/mol. The zero-order valence-corrected chi connectivity index (χ0v) is 14.2. The highest BCUT2D eigenvalue weighted by Gasteiger charge is 2.25. The van der Waals surface area contributed by atoms with Crippen molar-refractivity contribution in [1.82, 2.24) is 25.7 Å². The average molecular weight is 340 g/mol. The van der Waals surface area contributed by atoms with E-state index in [4.69, 9.17) is 0 Å². The maximum Gasteiger partial charge on any atom is 0.151 e. The number of hydrogen-bond acceptors (Lipinski definition) is 6. The van der Waals surface area contributed by atoms with Gasteiger partial charge in [0.1, 0.15) is 0 Å². The second-order valence-corrected chi connectivity index (χ2v) is 6.90. The van der Waals surface area contributed by atoms with Crippen molar-refractivity contribution < 1.29 is 0 Å². The molecule has 0 radical (unpaired) electrons. The first-order chi connectivity index (χ1) is 11.9. The number of anilines is 1. The lowest BCUT2D eigenvalue weighted by atomic mass is 10.2. The molecule has 1 atom stereocenters. The maximum atomic E-state index is 4.25. The van der Waals surface area contributed by atoms with E-state index < -0.39 is 0 Å². The van der Waals surface area contributed by atoms with Crippen molar-refractivity contribution in [3.8, 4) is 10.6 Å². The number of hydrogen-bond donors (Lipinski definition) is 2. The Balaban J connectivity index is 1.37. The first-order valence-electron chi connectivity index (χ1n) is 8.23. The number of thiophene rings is 1. The fraction of sp³-hybridized carbons (Fsp3) is 0.353. The van der Waals surface area contributed by atoms with Gasteiger partial charge in [0.05, 0.1) is 16.8 Å². The minimum atomic E-state index is 0.471. The van der Waals surface area contributed by atoms with Gasteiger partial charge in [-0.1, -0.05) is 6.07 Å². The molecule has 1 saturated heterocycles. The molecule has 0 amide bonds. The highest BCUT2D eigenvalue weighted by atomic mass is 32.1. The predicted octanol–water partition coefficient (Wildman–Crippen LogP) is 2.69. The molecule has 24 heavy (non-hydrogen) atoms. The third-order valence-corrected chi connectivity index (χ3v) is 5.30. The normalized spacial score (nSPS) is 17.5. The predicted molar refractivity (Wildman–Crippen MR) is 96.0 cm³/mol. The SMILES string of the molecule is c1cnnc(N2CCC[C@@H]2CNCc2cn[nH]c2-c2cccs2)c1. The van der Waals surface area contributed by atoms with Crippen LogP contribution in [0.4, 0.5) is 5.82 Å². The monoisotopic (exact) mass is 340 g/mol. The molecule has 1 aliphatic heterocycles. The van der Waals surface area contributed by atoms with E-state index in [0.29, 0.717) is 6.04 Å². The van der Waals surface area contributed by atoms with E-state index in [9.17, 15) is 0 Å². The lowest BCUT2D eigenvalue weighted by Gasteiger charge is -2.25. The van der Waals surface area contributed by atoms with E-state index in [-0.39, 0.29) is 0 Å². The van der Waals surface area contributed by atoms with Crippen LogP contribution in [-0.4, -0.2) is 39.5 Å². The summed E-state index contributed by atoms with van der Waals surface area (Å²) >= 11 is 1.73. The zero-order valence-electron chi connectivity index (χ0n) is 13.4. The maximum absolute atomic E-state index is 4.25. The van der Waals surface area contributed by atoms with Crippen LogP contribution < -0.4 is 10.2 Å². The summed E-state index contributed by atoms with van der Waals surface area (Å²) in [4.78, 5) is 3.58. The van der Waals surface area contributed by atoms with Gasteiger partial charge in [-0.25, -0.2) is 0 Å². The molecule has 0 saturated carbocycles. The fourth-order valence-electron chi connectivity index (χ4n) is 3.25. The fourth-order valence-corrected chi connectivity index (χ4v) is 4.00. The number of rotatable bonds is 6. The third kappa shape index (κ3) is 3.18. The number of aromatic nitrogens is 4. The van der Waals surface area contributed by atoms with Gasteiger partial charge in [-0.15, -0.1) is 16.4 Å². The molecule has 3 aromatic rings. The van der Waals surface area contributed by atoms with Gasteiger partial charge in [0.2, 0.25) is 0 Å². The van der Waals surface area contributed by atoms with E-state index in [2.05, 4.69) is 48.1 Å². The molecule has 0 unspecified atom stereocenters. The van der Waals surface area contributed by atoms with Crippen molar-refractivity contribution in [2.45, 2.75) is 25.4 Å². The minimum Gasteiger partial charge on any atom is -0.351 e. The Labute approximate surface area is 144 Å². The summed E-state index contributed by atoms with van der Waals surface area (Å²) in [6.07, 6.45) is 6.02. The largest absolute Gasteiger partial charge is 0.351 e. The number of H-pyrrole nitrogens is 1. The van der Waals surface area contributed by atoms with E-state index >= 15 is 0 Å². The zero-order chi connectivity index (χ0) is 16.2. The molecule has 3 aromatic heterocycles. The van der Waals surface area contributed by atoms with Gasteiger partial charge >= 0.3 is 0 Å². The van der Waals surface area contributed by atoms with E-state index in [1.165, 1.54) is 23.3 Å². The highest BCUT2D eigenvalue weighted by molar-refractivity contribution is 7.13. The van der Waals surface area contributed by atoms with E-state index in [0.717, 1.165) is 31.1 Å². The van der Waals surface area contributed by atoms with Gasteiger partial charge < -0.3 is 10.2 Å². The van der Waals surface area contributed by atoms with Crippen molar-refractivity contribution >= 4 is 17.2 Å². The summed E-state index contributed by atoms with van der Waals surface area (Å²) < 4.78 is 0. The van der Waals surface area contributed by atoms with Crippen LogP contribution in [0.2, 0.25) is 0 Å². The van der Waals surface area contributed by atoms with Crippen molar-refractivity contribution in [3.63, 3.8) is 0 Å². The molecule has 0 aliphatic carbocycles. The highest BCUT2D eigenvalue weighted by Crippen LogP contribution is 2.26. The summed E-state index contributed by atoms with van der Waals surface area (Å²) in [6, 6.07) is 8.64. The summed E-state index contributed by atoms with van der Waals surface area (Å²) in [7, 11) is 0. The number of nitrogens with zero attached hydrogens (tertiary/aromatic N) is 4. The van der Waals surface area contributed by atoms with Crippen LogP contribution in [-0.2, 0) is 6.54 Å². The molecule has 6 nitrogen and oxygen atoms in total. The molecule has 124 valence electrons. The van der Waals surface area contributed by atoms with Gasteiger partial charge in [0.25, 0.3) is 0 Å². The quantitative estimate of drug-likeness (QED) is 0.722. The Kier molecular flexibility index (Phi) is 4.53. The number of nitrogens with one attached hydrogen (secondary N) is 2. The van der Waals surface area contributed by atoms with Crippen LogP contribution in [0, 0.1) is 0 Å². The van der Waals surface area contributed by atoms with Crippen molar-refractivity contribution in [3.05, 3.63) is 47.6 Å². The van der Waals surface area contributed by atoms with Gasteiger partial charge in [-0.3, -0.25) is 5.10 Å². The van der Waals surface area contributed by atoms with Crippen molar-refractivity contribution in [1.29, 1.82) is 0 Å². The Morgan fingerprint density at radius 3 is 3.17 bits per heavy atom. The number of aromatic amines is 1. The van der Waals surface area contributed by atoms with Crippen LogP contribution in [0.3, 0.4) is 0 Å². The van der Waals surface area contributed by atoms with Crippen LogP contribution in [0.1, 0.15) is 18.4 Å². The summed E-state index contributed by atoms with van der Waals surface area (Å²) in [6.45, 7) is 2.80. The molecule has 4 heterocycles. The Morgan fingerprint density at radius 2 is 2.33 bits per heavy atom. The standard InChI is InChI=1S/C17H20N6S/c1-6-16(21-19-7-1)23-8-2-4-14(23)12-18-10-13-11-20-22-17(13)15-5-3-9-24-15/h1,3,5-7,9,11,14,18H,2,4,8,10,12H2,(H,20,22)/t14-/m1/s1. The van der Waals surface area contributed by atoms with Gasteiger partial charge in [-0.2, -0.15) is 10.2 Å². The van der Waals surface area contributed by atoms with Gasteiger partial charge in [-0.05, 0) is 36.4 Å². The average Bonchev–Trinajstić information content (AvgIpc) is 3.37. The Bertz CT molecular complexity index is 755. The van der Waals surface area contributed by atoms with Crippen LogP contribution in [0.5, 0.6) is 0 Å². The van der Waals surface area contributed by atoms with Crippen LogP contribution in [0.15, 0.2) is 42.0 Å². The van der Waals surface area contributed by atoms with Crippen molar-refractivity contribution in [2.75, 3.05) is 18.0 Å². The second-order valence-electron chi connectivity index (χ2n) is 5.95. The first kappa shape index (κ1) is 15.3. The van der Waals surface area contributed by atoms with E-state index in [1.807, 2.05) is 18.3 Å². The molecule has 4 rings (SSSR count). The molecule has 1 fully saturated rings. The third-order valence-electron chi connectivity index (χ3n) is 4.41. The molecular formula is C17H20N6S. The lowest BCUT2D eigenvalue weighted by molar-refractivity contribution is 0.570. The van der Waals surface area contributed by atoms with Crippen molar-refractivity contribution in [2.24, 2.45) is 0 Å². The van der Waals surface area contributed by atoms with Crippen LogP contribution in [0.25, 0.3) is 10.6 Å². The van der Waals surface area contributed by atoms with Gasteiger partial charge in [0.15, 0.2) is 5.82 Å². The molecule has 0 aromatic carbocycles. The molecule has 0 bridgehead atoms. The summed E-state index contributed by atoms with van der Waals surface area (Å²) in [5, 5.41) is 21.2. The summed E-state index contributed by atoms with van der Waals surface area (Å²) in [5.74, 6) is 0.976. The molecule has 1 aliphatic rings. The summed E-state index contributed by atoms with van der Waals surface area (Å²) in [5.41, 5.74) is 2.33. The molecule has 0 spiro atoms. The van der Waals surface area contributed by atoms with Gasteiger partial charge in [0, 0.05) is 37.4 Å². The van der Waals surface area contributed by atoms with Crippen LogP contribution >= 0.6 is 11.3 Å². The molecule has 2 N–H and O–H groups in total. The molecule has 7 heteroatoms. The first-order valence-corrected chi connectivity index (χ1v) is 9.11. The topological polar surface area (TPSA) is 69.7 Å². The van der Waals surface area contributed by atoms with E-state index in [1.54, 1.807) is 17.5 Å².